The summed E-state index contributed by atoms with van der Waals surface area (Å²) in [6.45, 7) is 4.34. The van der Waals surface area contributed by atoms with Crippen LogP contribution in [0.4, 0.5) is 5.82 Å². The molecule has 1 aliphatic heterocycles. The summed E-state index contributed by atoms with van der Waals surface area (Å²) in [6, 6.07) is 14.1. The maximum absolute atomic E-state index is 13.3. The molecule has 1 saturated heterocycles. The number of hydrogen-bond acceptors (Lipinski definition) is 6. The van der Waals surface area contributed by atoms with E-state index in [9.17, 15) is 18.0 Å². The zero-order valence-electron chi connectivity index (χ0n) is 20.2. The minimum absolute atomic E-state index is 0.215. The Morgan fingerprint density at radius 3 is 2.36 bits per heavy atom. The smallest absolute Gasteiger partial charge is 0.331 e. The molecule has 10 nitrogen and oxygen atoms in total. The first kappa shape index (κ1) is 24.0. The van der Waals surface area contributed by atoms with Crippen LogP contribution in [0.25, 0.3) is 22.3 Å². The largest absolute Gasteiger partial charge is 0.354 e. The minimum atomic E-state index is -3.65. The van der Waals surface area contributed by atoms with Gasteiger partial charge in [-0.05, 0) is 42.3 Å². The second-order valence-corrected chi connectivity index (χ2v) is 10.8. The Bertz CT molecular complexity index is 1610. The fourth-order valence-electron chi connectivity index (χ4n) is 4.61. The number of fused-ring (bicyclic) bond motifs is 1. The van der Waals surface area contributed by atoms with Crippen molar-refractivity contribution in [2.75, 3.05) is 31.1 Å². The van der Waals surface area contributed by atoms with Gasteiger partial charge in [-0.1, -0.05) is 25.1 Å². The van der Waals surface area contributed by atoms with Gasteiger partial charge in [0.05, 0.1) is 10.4 Å². The highest BCUT2D eigenvalue weighted by atomic mass is 32.2. The van der Waals surface area contributed by atoms with Gasteiger partial charge in [-0.3, -0.25) is 13.9 Å². The van der Waals surface area contributed by atoms with Crippen LogP contribution in [0.3, 0.4) is 0 Å². The molecule has 0 unspecified atom stereocenters. The molecule has 0 spiro atoms. The normalized spacial score (nSPS) is 15.0. The molecule has 1 aliphatic rings. The number of aromatic amines is 1. The second-order valence-electron chi connectivity index (χ2n) is 8.85. The summed E-state index contributed by atoms with van der Waals surface area (Å²) in [5.74, 6) is 0.844. The van der Waals surface area contributed by atoms with E-state index < -0.39 is 15.6 Å². The maximum Gasteiger partial charge on any atom is 0.331 e. The van der Waals surface area contributed by atoms with Crippen molar-refractivity contribution in [2.24, 2.45) is 7.05 Å². The van der Waals surface area contributed by atoms with Crippen LogP contribution in [0, 0.1) is 0 Å². The van der Waals surface area contributed by atoms with Crippen molar-refractivity contribution in [3.05, 3.63) is 75.6 Å². The molecule has 4 aromatic rings. The topological polar surface area (TPSA) is 113 Å². The van der Waals surface area contributed by atoms with Gasteiger partial charge in [0.1, 0.15) is 11.3 Å². The van der Waals surface area contributed by atoms with Crippen LogP contribution in [-0.4, -0.2) is 58.0 Å². The number of pyridine rings is 1. The highest BCUT2D eigenvalue weighted by molar-refractivity contribution is 7.89. The summed E-state index contributed by atoms with van der Waals surface area (Å²) in [5, 5.41) is 0. The fourth-order valence-corrected chi connectivity index (χ4v) is 6.03. The number of anilines is 1. The zero-order valence-corrected chi connectivity index (χ0v) is 21.0. The van der Waals surface area contributed by atoms with Crippen LogP contribution in [0.1, 0.15) is 13.3 Å². The van der Waals surface area contributed by atoms with E-state index in [1.54, 1.807) is 41.1 Å². The van der Waals surface area contributed by atoms with Crippen molar-refractivity contribution in [3.8, 4) is 11.3 Å². The third-order valence-corrected chi connectivity index (χ3v) is 8.50. The number of H-pyrrole nitrogens is 1. The lowest BCUT2D eigenvalue weighted by molar-refractivity contribution is 0.384. The number of aromatic nitrogens is 4. The molecule has 0 saturated carbocycles. The second kappa shape index (κ2) is 9.40. The summed E-state index contributed by atoms with van der Waals surface area (Å²) in [4.78, 5) is 35.0. The Morgan fingerprint density at radius 1 is 1.00 bits per heavy atom. The number of piperazine rings is 1. The van der Waals surface area contributed by atoms with E-state index in [0.29, 0.717) is 49.5 Å². The number of nitrogens with zero attached hydrogens (tertiary/aromatic N) is 5. The number of nitrogens with one attached hydrogen (secondary N) is 1. The summed E-state index contributed by atoms with van der Waals surface area (Å²) in [5.41, 5.74) is 1.51. The Kier molecular flexibility index (Phi) is 6.27. The van der Waals surface area contributed by atoms with Crippen LogP contribution >= 0.6 is 0 Å². The summed E-state index contributed by atoms with van der Waals surface area (Å²) < 4.78 is 30.7. The fraction of sp³-hybridized carbons (Fsp3) is 0.320. The third-order valence-electron chi connectivity index (χ3n) is 6.59. The molecule has 1 N–H and O–H groups in total. The molecule has 1 aromatic carbocycles. The molecule has 0 radical (unpaired) electrons. The van der Waals surface area contributed by atoms with Crippen molar-refractivity contribution in [1.82, 2.24) is 23.4 Å². The average molecular weight is 509 g/mol. The van der Waals surface area contributed by atoms with Crippen molar-refractivity contribution in [1.29, 1.82) is 0 Å². The number of benzene rings is 1. The first-order chi connectivity index (χ1) is 17.3. The average Bonchev–Trinajstić information content (AvgIpc) is 3.36. The monoisotopic (exact) mass is 508 g/mol. The number of hydrogen-bond donors (Lipinski definition) is 1. The highest BCUT2D eigenvalue weighted by Gasteiger charge is 2.29. The van der Waals surface area contributed by atoms with Crippen LogP contribution in [0.2, 0.25) is 0 Å². The van der Waals surface area contributed by atoms with E-state index in [4.69, 9.17) is 0 Å². The van der Waals surface area contributed by atoms with Crippen molar-refractivity contribution in [3.63, 3.8) is 0 Å². The minimum Gasteiger partial charge on any atom is -0.354 e. The maximum atomic E-state index is 13.3. The predicted octanol–water partition coefficient (Wildman–Crippen LogP) is 2.01. The lowest BCUT2D eigenvalue weighted by Gasteiger charge is -2.34. The summed E-state index contributed by atoms with van der Waals surface area (Å²) >= 11 is 0. The quantitative estimate of drug-likeness (QED) is 0.426. The number of sulfonamides is 1. The number of rotatable bonds is 6. The van der Waals surface area contributed by atoms with Crippen LogP contribution in [0.15, 0.2) is 69.2 Å². The molecule has 36 heavy (non-hydrogen) atoms. The van der Waals surface area contributed by atoms with Gasteiger partial charge < -0.3 is 9.88 Å². The third kappa shape index (κ3) is 4.14. The lowest BCUT2D eigenvalue weighted by Crippen LogP contribution is -2.48. The molecule has 0 bridgehead atoms. The first-order valence-corrected chi connectivity index (χ1v) is 13.3. The molecule has 0 amide bonds. The molecule has 11 heteroatoms. The highest BCUT2D eigenvalue weighted by Crippen LogP contribution is 2.26. The molecule has 188 valence electrons. The molecule has 3 aromatic heterocycles. The van der Waals surface area contributed by atoms with Gasteiger partial charge >= 0.3 is 5.69 Å². The zero-order chi connectivity index (χ0) is 25.4. The molecular formula is C25H28N6O4S. The van der Waals surface area contributed by atoms with Crippen molar-refractivity contribution >= 4 is 26.9 Å². The van der Waals surface area contributed by atoms with Crippen LogP contribution in [-0.2, 0) is 23.6 Å². The van der Waals surface area contributed by atoms with Crippen molar-refractivity contribution in [2.45, 2.75) is 24.8 Å². The van der Waals surface area contributed by atoms with Gasteiger partial charge in [0, 0.05) is 51.7 Å². The van der Waals surface area contributed by atoms with Crippen LogP contribution < -0.4 is 16.1 Å². The standard InChI is InChI=1S/C25H28N6O4S/c1-3-12-31-21-17-20(27-23(21)24(32)28(2)25(31)33)18-7-9-19(10-8-18)36(34,35)30-15-13-29(14-16-30)22-6-4-5-11-26-22/h4-11,17,27H,3,12-16H2,1-2H3. The van der Waals surface area contributed by atoms with E-state index in [2.05, 4.69) is 14.9 Å². The molecule has 5 rings (SSSR count). The van der Waals surface area contributed by atoms with Crippen LogP contribution in [0.5, 0.6) is 0 Å². The predicted molar refractivity (Wildman–Crippen MR) is 139 cm³/mol. The summed E-state index contributed by atoms with van der Waals surface area (Å²) in [7, 11) is -2.18. The van der Waals surface area contributed by atoms with Crippen molar-refractivity contribution < 1.29 is 8.42 Å². The Balaban J connectivity index is 1.39. The molecule has 0 aliphatic carbocycles. The molecular weight excluding hydrogens is 480 g/mol. The SMILES string of the molecule is CCCn1c(=O)n(C)c(=O)c2[nH]c(-c3ccc(S(=O)(=O)N4CCN(c5ccccn5)CC4)cc3)cc21. The van der Waals surface area contributed by atoms with Gasteiger partial charge in [0.2, 0.25) is 10.0 Å². The van der Waals surface area contributed by atoms with Gasteiger partial charge in [-0.25, -0.2) is 18.2 Å². The van der Waals surface area contributed by atoms with Gasteiger partial charge in [0.25, 0.3) is 5.56 Å². The van der Waals surface area contributed by atoms with E-state index in [-0.39, 0.29) is 10.6 Å². The van der Waals surface area contributed by atoms with E-state index in [0.717, 1.165) is 22.4 Å². The van der Waals surface area contributed by atoms with Gasteiger partial charge in [-0.15, -0.1) is 0 Å². The van der Waals surface area contributed by atoms with Gasteiger partial charge in [-0.2, -0.15) is 4.31 Å². The molecule has 4 heterocycles. The Morgan fingerprint density at radius 2 is 1.72 bits per heavy atom. The van der Waals surface area contributed by atoms with E-state index >= 15 is 0 Å². The first-order valence-electron chi connectivity index (χ1n) is 11.9. The number of aryl methyl sites for hydroxylation is 1. The van der Waals surface area contributed by atoms with Gasteiger partial charge in [0.15, 0.2) is 0 Å². The molecule has 1 fully saturated rings. The van der Waals surface area contributed by atoms with E-state index in [1.165, 1.54) is 11.4 Å². The Hall–Kier alpha value is -3.70. The Labute approximate surface area is 208 Å². The lowest BCUT2D eigenvalue weighted by atomic mass is 10.1. The van der Waals surface area contributed by atoms with E-state index in [1.807, 2.05) is 25.1 Å². The molecule has 0 atom stereocenters. The summed E-state index contributed by atoms with van der Waals surface area (Å²) in [6.07, 6.45) is 2.48.